The molecule has 0 aromatic heterocycles. The molecule has 0 bridgehead atoms. The minimum atomic E-state index is -0.579. The van der Waals surface area contributed by atoms with Crippen LogP contribution in [0.25, 0.3) is 0 Å². The summed E-state index contributed by atoms with van der Waals surface area (Å²) < 4.78 is 5.50. The van der Waals surface area contributed by atoms with Gasteiger partial charge in [-0.3, -0.25) is 10.1 Å². The van der Waals surface area contributed by atoms with Crippen molar-refractivity contribution < 1.29 is 14.5 Å². The van der Waals surface area contributed by atoms with E-state index in [1.165, 1.54) is 24.6 Å². The number of carbonyl (C=O) groups is 1. The second-order valence-corrected chi connectivity index (χ2v) is 5.80. The first-order chi connectivity index (χ1) is 10.0. The van der Waals surface area contributed by atoms with E-state index in [9.17, 15) is 14.9 Å². The molecule has 1 aromatic rings. The van der Waals surface area contributed by atoms with Crippen LogP contribution < -0.4 is 0 Å². The molecule has 21 heavy (non-hydrogen) atoms. The predicted octanol–water partition coefficient (Wildman–Crippen LogP) is 4.37. The van der Waals surface area contributed by atoms with E-state index in [1.807, 2.05) is 0 Å². The summed E-state index contributed by atoms with van der Waals surface area (Å²) in [6.45, 7) is 2.14. The van der Waals surface area contributed by atoms with Crippen LogP contribution in [0.4, 0.5) is 5.69 Å². The van der Waals surface area contributed by atoms with Gasteiger partial charge in [-0.1, -0.05) is 31.4 Å². The van der Waals surface area contributed by atoms with Crippen LogP contribution in [0.5, 0.6) is 0 Å². The van der Waals surface area contributed by atoms with Crippen LogP contribution in [-0.4, -0.2) is 17.0 Å². The number of hydrogen-bond donors (Lipinski definition) is 0. The van der Waals surface area contributed by atoms with E-state index < -0.39 is 10.9 Å². The highest BCUT2D eigenvalue weighted by Crippen LogP contribution is 2.30. The highest BCUT2D eigenvalue weighted by Gasteiger charge is 2.25. The summed E-state index contributed by atoms with van der Waals surface area (Å²) in [5.74, 6) is 0.144. The molecular formula is C15H18ClNO4. The molecule has 5 nitrogen and oxygen atoms in total. The van der Waals surface area contributed by atoms with E-state index >= 15 is 0 Å². The van der Waals surface area contributed by atoms with Gasteiger partial charge in [-0.05, 0) is 37.3 Å². The van der Waals surface area contributed by atoms with Crippen molar-refractivity contribution >= 4 is 23.3 Å². The highest BCUT2D eigenvalue weighted by atomic mass is 35.5. The summed E-state index contributed by atoms with van der Waals surface area (Å²) in [7, 11) is 0. The smallest absolute Gasteiger partial charge is 0.338 e. The average molecular weight is 312 g/mol. The van der Waals surface area contributed by atoms with Gasteiger partial charge in [0.2, 0.25) is 0 Å². The summed E-state index contributed by atoms with van der Waals surface area (Å²) in [6, 6.07) is 3.91. The summed E-state index contributed by atoms with van der Waals surface area (Å²) in [5.41, 5.74) is 0.0427. The zero-order valence-corrected chi connectivity index (χ0v) is 12.6. The van der Waals surface area contributed by atoms with Crippen molar-refractivity contribution in [3.63, 3.8) is 0 Å². The van der Waals surface area contributed by atoms with Crippen molar-refractivity contribution in [2.24, 2.45) is 5.92 Å². The number of rotatable bonds is 4. The predicted molar refractivity (Wildman–Crippen MR) is 79.6 cm³/mol. The molecule has 0 radical (unpaired) electrons. The number of nitrogens with zero attached hydrogens (tertiary/aromatic N) is 1. The molecule has 0 heterocycles. The van der Waals surface area contributed by atoms with Gasteiger partial charge in [0.25, 0.3) is 5.69 Å². The molecule has 6 heteroatoms. The Hall–Kier alpha value is -1.62. The first-order valence-electron chi connectivity index (χ1n) is 7.16. The molecular weight excluding hydrogens is 294 g/mol. The summed E-state index contributed by atoms with van der Waals surface area (Å²) in [6.07, 6.45) is 5.06. The number of nitro benzene ring substituents is 1. The Bertz CT molecular complexity index is 546. The topological polar surface area (TPSA) is 69.4 Å². The van der Waals surface area contributed by atoms with Crippen LogP contribution >= 0.6 is 11.6 Å². The third-order valence-corrected chi connectivity index (χ3v) is 4.27. The minimum absolute atomic E-state index is 0.0514. The summed E-state index contributed by atoms with van der Waals surface area (Å²) >= 11 is 5.81. The lowest BCUT2D eigenvalue weighted by Crippen LogP contribution is -2.25. The maximum Gasteiger partial charge on any atom is 0.338 e. The van der Waals surface area contributed by atoms with Gasteiger partial charge in [0.1, 0.15) is 11.1 Å². The molecule has 0 spiro atoms. The Labute approximate surface area is 128 Å². The molecule has 2 unspecified atom stereocenters. The number of benzene rings is 1. The second-order valence-electron chi connectivity index (χ2n) is 5.39. The molecule has 114 valence electrons. The van der Waals surface area contributed by atoms with Gasteiger partial charge in [0, 0.05) is 6.07 Å². The lowest BCUT2D eigenvalue weighted by atomic mass is 9.85. The molecule has 0 saturated heterocycles. The standard InChI is InChI=1S/C15H18ClNO4/c1-2-10-4-3-5-12(8-10)21-15(18)11-6-7-14(17(19)20)13(16)9-11/h6-7,9-10,12H,2-5,8H2,1H3. The fourth-order valence-corrected chi connectivity index (χ4v) is 2.97. The third-order valence-electron chi connectivity index (χ3n) is 3.97. The molecule has 0 amide bonds. The van der Waals surface area contributed by atoms with E-state index in [0.29, 0.717) is 5.92 Å². The fraction of sp³-hybridized carbons (Fsp3) is 0.533. The summed E-state index contributed by atoms with van der Waals surface area (Å²) in [5, 5.41) is 10.6. The van der Waals surface area contributed by atoms with Crippen LogP contribution in [0, 0.1) is 16.0 Å². The van der Waals surface area contributed by atoms with Gasteiger partial charge in [-0.2, -0.15) is 0 Å². The van der Waals surface area contributed by atoms with Crippen LogP contribution in [-0.2, 0) is 4.74 Å². The summed E-state index contributed by atoms with van der Waals surface area (Å²) in [4.78, 5) is 22.2. The van der Waals surface area contributed by atoms with E-state index in [0.717, 1.165) is 25.7 Å². The van der Waals surface area contributed by atoms with Crippen molar-refractivity contribution in [2.45, 2.75) is 45.1 Å². The van der Waals surface area contributed by atoms with E-state index in [4.69, 9.17) is 16.3 Å². The average Bonchev–Trinajstić information content (AvgIpc) is 2.46. The molecule has 1 saturated carbocycles. The largest absolute Gasteiger partial charge is 0.459 e. The van der Waals surface area contributed by atoms with Gasteiger partial charge in [-0.15, -0.1) is 0 Å². The lowest BCUT2D eigenvalue weighted by molar-refractivity contribution is -0.384. The molecule has 0 N–H and O–H groups in total. The van der Waals surface area contributed by atoms with Crippen LogP contribution in [0.1, 0.15) is 49.4 Å². The molecule has 0 aliphatic heterocycles. The Morgan fingerprint density at radius 1 is 1.48 bits per heavy atom. The first kappa shape index (κ1) is 15.8. The molecule has 1 aromatic carbocycles. The highest BCUT2D eigenvalue weighted by molar-refractivity contribution is 6.33. The normalized spacial score (nSPS) is 21.8. The molecule has 1 fully saturated rings. The van der Waals surface area contributed by atoms with Crippen LogP contribution in [0.3, 0.4) is 0 Å². The molecule has 1 aliphatic rings. The number of nitro groups is 1. The third kappa shape index (κ3) is 3.94. The zero-order valence-electron chi connectivity index (χ0n) is 11.9. The van der Waals surface area contributed by atoms with Crippen molar-refractivity contribution in [2.75, 3.05) is 0 Å². The Kier molecular flexibility index (Phi) is 5.17. The van der Waals surface area contributed by atoms with Crippen molar-refractivity contribution in [3.05, 3.63) is 38.9 Å². The Balaban J connectivity index is 2.03. The van der Waals surface area contributed by atoms with Gasteiger partial charge in [0.05, 0.1) is 10.5 Å². The van der Waals surface area contributed by atoms with Crippen molar-refractivity contribution in [1.82, 2.24) is 0 Å². The van der Waals surface area contributed by atoms with Gasteiger partial charge < -0.3 is 4.74 Å². The van der Waals surface area contributed by atoms with Crippen LogP contribution in [0.2, 0.25) is 5.02 Å². The van der Waals surface area contributed by atoms with E-state index in [2.05, 4.69) is 6.92 Å². The zero-order chi connectivity index (χ0) is 15.4. The van der Waals surface area contributed by atoms with Crippen molar-refractivity contribution in [3.8, 4) is 0 Å². The monoisotopic (exact) mass is 311 g/mol. The van der Waals surface area contributed by atoms with Crippen LogP contribution in [0.15, 0.2) is 18.2 Å². The maximum absolute atomic E-state index is 12.1. The number of carbonyl (C=O) groups excluding carboxylic acids is 1. The molecule has 2 rings (SSSR count). The molecule has 1 aliphatic carbocycles. The fourth-order valence-electron chi connectivity index (χ4n) is 2.72. The number of esters is 1. The number of ether oxygens (including phenoxy) is 1. The molecule has 2 atom stereocenters. The van der Waals surface area contributed by atoms with Gasteiger partial charge in [-0.25, -0.2) is 4.79 Å². The minimum Gasteiger partial charge on any atom is -0.459 e. The maximum atomic E-state index is 12.1. The number of hydrogen-bond acceptors (Lipinski definition) is 4. The quantitative estimate of drug-likeness (QED) is 0.470. The van der Waals surface area contributed by atoms with Gasteiger partial charge >= 0.3 is 5.97 Å². The van der Waals surface area contributed by atoms with Crippen molar-refractivity contribution in [1.29, 1.82) is 0 Å². The Morgan fingerprint density at radius 2 is 2.24 bits per heavy atom. The SMILES string of the molecule is CCC1CCCC(OC(=O)c2ccc([N+](=O)[O-])c(Cl)c2)C1. The lowest BCUT2D eigenvalue weighted by Gasteiger charge is -2.28. The Morgan fingerprint density at radius 3 is 2.86 bits per heavy atom. The van der Waals surface area contributed by atoms with Gasteiger partial charge in [0.15, 0.2) is 0 Å². The number of halogens is 1. The van der Waals surface area contributed by atoms with E-state index in [-0.39, 0.29) is 22.4 Å². The first-order valence-corrected chi connectivity index (χ1v) is 7.54. The van der Waals surface area contributed by atoms with E-state index in [1.54, 1.807) is 0 Å². The second kappa shape index (κ2) is 6.89.